The van der Waals surface area contributed by atoms with Crippen LogP contribution >= 0.6 is 0 Å². The van der Waals surface area contributed by atoms with Crippen molar-refractivity contribution < 1.29 is 22.7 Å². The van der Waals surface area contributed by atoms with Crippen molar-refractivity contribution in [3.63, 3.8) is 0 Å². The first kappa shape index (κ1) is 19.3. The summed E-state index contributed by atoms with van der Waals surface area (Å²) in [5.41, 5.74) is 0.101. The van der Waals surface area contributed by atoms with Gasteiger partial charge in [0.15, 0.2) is 0 Å². The summed E-state index contributed by atoms with van der Waals surface area (Å²) < 4.78 is 42.5. The fourth-order valence-electron chi connectivity index (χ4n) is 2.58. The number of nitrogens with zero attached hydrogens (tertiary/aromatic N) is 4. The third-order valence-electron chi connectivity index (χ3n) is 3.95. The molecule has 0 radical (unpaired) electrons. The van der Waals surface area contributed by atoms with Gasteiger partial charge in [-0.05, 0) is 18.2 Å². The number of rotatable bonds is 5. The van der Waals surface area contributed by atoms with Gasteiger partial charge in [-0.15, -0.1) is 18.3 Å². The minimum Gasteiger partial charge on any atom is -0.405 e. The van der Waals surface area contributed by atoms with Crippen LogP contribution in [0, 0.1) is 0 Å². The molecule has 1 amide bonds. The van der Waals surface area contributed by atoms with Gasteiger partial charge in [0.25, 0.3) is 5.56 Å². The van der Waals surface area contributed by atoms with Gasteiger partial charge in [-0.3, -0.25) is 9.59 Å². The Morgan fingerprint density at radius 1 is 1.14 bits per heavy atom. The van der Waals surface area contributed by atoms with Gasteiger partial charge >= 0.3 is 6.36 Å². The molecule has 7 nitrogen and oxygen atoms in total. The number of alkyl halides is 3. The Hall–Kier alpha value is -3.43. The molecule has 0 atom stereocenters. The largest absolute Gasteiger partial charge is 0.573 e. The first-order valence-corrected chi connectivity index (χ1v) is 8.15. The number of carbonyl (C=O) groups excluding carboxylic acids is 1. The summed E-state index contributed by atoms with van der Waals surface area (Å²) in [4.78, 5) is 26.0. The molecule has 28 heavy (non-hydrogen) atoms. The zero-order valence-corrected chi connectivity index (χ0v) is 14.7. The minimum atomic E-state index is -4.84. The quantitative estimate of drug-likeness (QED) is 0.666. The maximum Gasteiger partial charge on any atom is 0.573 e. The molecule has 0 aliphatic rings. The lowest BCUT2D eigenvalue weighted by molar-refractivity contribution is -0.275. The molecule has 146 valence electrons. The van der Waals surface area contributed by atoms with Crippen LogP contribution in [0.1, 0.15) is 5.56 Å². The van der Waals surface area contributed by atoms with E-state index < -0.39 is 30.1 Å². The van der Waals surface area contributed by atoms with Crippen LogP contribution in [0.5, 0.6) is 5.75 Å². The SMILES string of the molecule is CN(Cc1ccccc1OC(F)(F)F)C(=O)Cn1nnc2ccccc2c1=O. The van der Waals surface area contributed by atoms with Crippen molar-refractivity contribution >= 4 is 16.8 Å². The Morgan fingerprint density at radius 3 is 2.57 bits per heavy atom. The van der Waals surface area contributed by atoms with E-state index in [-0.39, 0.29) is 12.1 Å². The summed E-state index contributed by atoms with van der Waals surface area (Å²) >= 11 is 0. The first-order valence-electron chi connectivity index (χ1n) is 8.15. The number of carbonyl (C=O) groups is 1. The lowest BCUT2D eigenvalue weighted by Crippen LogP contribution is -2.35. The van der Waals surface area contributed by atoms with Crippen LogP contribution in [-0.2, 0) is 17.9 Å². The van der Waals surface area contributed by atoms with E-state index in [4.69, 9.17) is 0 Å². The molecule has 3 rings (SSSR count). The van der Waals surface area contributed by atoms with Crippen molar-refractivity contribution in [2.45, 2.75) is 19.5 Å². The van der Waals surface area contributed by atoms with Crippen molar-refractivity contribution in [2.24, 2.45) is 0 Å². The van der Waals surface area contributed by atoms with Gasteiger partial charge in [-0.25, -0.2) is 4.68 Å². The molecule has 3 aromatic rings. The van der Waals surface area contributed by atoms with Crippen molar-refractivity contribution in [3.8, 4) is 5.75 Å². The Labute approximate surface area is 156 Å². The highest BCUT2D eigenvalue weighted by Gasteiger charge is 2.32. The zero-order chi connectivity index (χ0) is 20.3. The standard InChI is InChI=1S/C18H15F3N4O3/c1-24(10-12-6-2-5-9-15(12)28-18(19,20)21)16(26)11-25-17(27)13-7-3-4-8-14(13)22-23-25/h2-9H,10-11H2,1H3. The molecule has 0 bridgehead atoms. The Kier molecular flexibility index (Phi) is 5.30. The van der Waals surface area contributed by atoms with E-state index in [0.29, 0.717) is 10.9 Å². The highest BCUT2D eigenvalue weighted by Crippen LogP contribution is 2.26. The molecule has 2 aromatic carbocycles. The van der Waals surface area contributed by atoms with Crippen LogP contribution in [0.2, 0.25) is 0 Å². The van der Waals surface area contributed by atoms with E-state index in [1.807, 2.05) is 0 Å². The molecule has 1 heterocycles. The van der Waals surface area contributed by atoms with Crippen molar-refractivity contribution in [2.75, 3.05) is 7.05 Å². The maximum absolute atomic E-state index is 12.5. The molecule has 0 fully saturated rings. The van der Waals surface area contributed by atoms with E-state index in [1.165, 1.54) is 36.2 Å². The van der Waals surface area contributed by atoms with Crippen LogP contribution in [0.3, 0.4) is 0 Å². The first-order chi connectivity index (χ1) is 13.2. The van der Waals surface area contributed by atoms with E-state index in [1.54, 1.807) is 24.3 Å². The Bertz CT molecular complexity index is 1070. The van der Waals surface area contributed by atoms with Gasteiger partial charge in [-0.2, -0.15) is 0 Å². The average Bonchev–Trinajstić information content (AvgIpc) is 2.64. The number of hydrogen-bond acceptors (Lipinski definition) is 5. The van der Waals surface area contributed by atoms with Crippen molar-refractivity contribution in [1.82, 2.24) is 19.9 Å². The Balaban J connectivity index is 1.76. The van der Waals surface area contributed by atoms with Crippen LogP contribution in [-0.4, -0.2) is 39.2 Å². The number of para-hydroxylation sites is 1. The van der Waals surface area contributed by atoms with E-state index in [2.05, 4.69) is 15.0 Å². The summed E-state index contributed by atoms with van der Waals surface area (Å²) in [7, 11) is 1.41. The number of aromatic nitrogens is 3. The third-order valence-corrected chi connectivity index (χ3v) is 3.95. The summed E-state index contributed by atoms with van der Waals surface area (Å²) in [6, 6.07) is 12.1. The molecule has 0 N–H and O–H groups in total. The summed E-state index contributed by atoms with van der Waals surface area (Å²) in [6.07, 6.45) is -4.84. The topological polar surface area (TPSA) is 77.3 Å². The van der Waals surface area contributed by atoms with Crippen LogP contribution < -0.4 is 10.3 Å². The fraction of sp³-hybridized carbons (Fsp3) is 0.222. The number of fused-ring (bicyclic) bond motifs is 1. The number of amides is 1. The maximum atomic E-state index is 12.5. The van der Waals surface area contributed by atoms with E-state index >= 15 is 0 Å². The number of ether oxygens (including phenoxy) is 1. The molecule has 0 saturated heterocycles. The van der Waals surface area contributed by atoms with Gasteiger partial charge in [-0.1, -0.05) is 35.5 Å². The van der Waals surface area contributed by atoms with Crippen LogP contribution in [0.15, 0.2) is 53.3 Å². The lowest BCUT2D eigenvalue weighted by Gasteiger charge is -2.20. The van der Waals surface area contributed by atoms with Gasteiger partial charge < -0.3 is 9.64 Å². The molecule has 0 unspecified atom stereocenters. The molecule has 0 spiro atoms. The van der Waals surface area contributed by atoms with Crippen LogP contribution in [0.25, 0.3) is 10.9 Å². The number of hydrogen-bond donors (Lipinski definition) is 0. The second-order valence-corrected chi connectivity index (χ2v) is 5.97. The molecule has 10 heteroatoms. The normalized spacial score (nSPS) is 11.4. The second kappa shape index (κ2) is 7.67. The molecule has 0 saturated carbocycles. The zero-order valence-electron chi connectivity index (χ0n) is 14.7. The number of likely N-dealkylation sites (N-methyl/N-ethyl adjacent to an activating group) is 1. The molecular weight excluding hydrogens is 377 g/mol. The third kappa shape index (κ3) is 4.45. The van der Waals surface area contributed by atoms with E-state index in [0.717, 1.165) is 4.68 Å². The second-order valence-electron chi connectivity index (χ2n) is 5.97. The van der Waals surface area contributed by atoms with Gasteiger partial charge in [0.05, 0.1) is 5.39 Å². The summed E-state index contributed by atoms with van der Waals surface area (Å²) in [5.74, 6) is -0.911. The highest BCUT2D eigenvalue weighted by molar-refractivity contribution is 5.78. The predicted octanol–water partition coefficient (Wildman–Crippen LogP) is 2.35. The summed E-state index contributed by atoms with van der Waals surface area (Å²) in [5, 5.41) is 7.94. The van der Waals surface area contributed by atoms with Crippen molar-refractivity contribution in [3.05, 3.63) is 64.4 Å². The fourth-order valence-corrected chi connectivity index (χ4v) is 2.58. The predicted molar refractivity (Wildman–Crippen MR) is 93.4 cm³/mol. The molecule has 0 aliphatic carbocycles. The van der Waals surface area contributed by atoms with Gasteiger partial charge in [0.2, 0.25) is 5.91 Å². The molecule has 1 aromatic heterocycles. The molecular formula is C18H15F3N4O3. The number of halogens is 3. The number of benzene rings is 2. The van der Waals surface area contributed by atoms with Gasteiger partial charge in [0.1, 0.15) is 17.8 Å². The Morgan fingerprint density at radius 2 is 1.82 bits per heavy atom. The minimum absolute atomic E-state index is 0.138. The lowest BCUT2D eigenvalue weighted by atomic mass is 10.2. The van der Waals surface area contributed by atoms with Gasteiger partial charge in [0, 0.05) is 19.2 Å². The monoisotopic (exact) mass is 392 g/mol. The average molecular weight is 392 g/mol. The van der Waals surface area contributed by atoms with E-state index in [9.17, 15) is 22.8 Å². The van der Waals surface area contributed by atoms with Crippen LogP contribution in [0.4, 0.5) is 13.2 Å². The smallest absolute Gasteiger partial charge is 0.405 e. The summed E-state index contributed by atoms with van der Waals surface area (Å²) in [6.45, 7) is -0.531. The highest BCUT2D eigenvalue weighted by atomic mass is 19.4. The van der Waals surface area contributed by atoms with Crippen molar-refractivity contribution in [1.29, 1.82) is 0 Å². The molecule has 0 aliphatic heterocycles.